The van der Waals surface area contributed by atoms with Gasteiger partial charge in [-0.05, 0) is 78.7 Å². The molecule has 176 valence electrons. The fourth-order valence-corrected chi connectivity index (χ4v) is 5.79. The van der Waals surface area contributed by atoms with Gasteiger partial charge in [0.1, 0.15) is 5.82 Å². The number of allylic oxidation sites excluding steroid dienone is 4. The molecule has 1 heteroatoms. The summed E-state index contributed by atoms with van der Waals surface area (Å²) in [5.74, 6) is 1.71. The normalized spacial score (nSPS) is 22.9. The molecule has 0 bridgehead atoms. The Hall–Kier alpha value is -2.15. The molecular formula is C32H41F. The zero-order valence-corrected chi connectivity index (χ0v) is 20.7. The molecule has 0 amide bonds. The zero-order chi connectivity index (χ0) is 23.0. The Morgan fingerprint density at radius 1 is 0.848 bits per heavy atom. The molecule has 1 saturated carbocycles. The second kappa shape index (κ2) is 11.8. The topological polar surface area (TPSA) is 0 Å². The molecule has 4 rings (SSSR count). The number of halogens is 1. The molecule has 33 heavy (non-hydrogen) atoms. The van der Waals surface area contributed by atoms with E-state index in [9.17, 15) is 0 Å². The molecule has 1 atom stereocenters. The summed E-state index contributed by atoms with van der Waals surface area (Å²) in [5, 5.41) is 0. The van der Waals surface area contributed by atoms with Crippen LogP contribution in [0, 0.1) is 11.7 Å². The number of hydrogen-bond donors (Lipinski definition) is 0. The van der Waals surface area contributed by atoms with Gasteiger partial charge in [-0.15, -0.1) is 0 Å². The zero-order valence-electron chi connectivity index (χ0n) is 20.7. The molecule has 0 heterocycles. The standard InChI is InChI=1S/C32H41F/c1-3-5-6-8-25-9-13-26(14-10-25)27-17-19-28(20-18-27)30-21-22-31(32(33)23-30)29-15-11-24(7-4-2)12-16-29/h11-12,15,17-23,25-26,29H,3-10,13-14,16H2,1-2H3. The van der Waals surface area contributed by atoms with Gasteiger partial charge in [0.2, 0.25) is 0 Å². The van der Waals surface area contributed by atoms with Crippen LogP contribution in [0.1, 0.15) is 107 Å². The molecule has 0 aliphatic heterocycles. The highest BCUT2D eigenvalue weighted by molar-refractivity contribution is 5.64. The summed E-state index contributed by atoms with van der Waals surface area (Å²) in [6.45, 7) is 4.49. The summed E-state index contributed by atoms with van der Waals surface area (Å²) in [6, 6.07) is 14.8. The van der Waals surface area contributed by atoms with Crippen molar-refractivity contribution in [1.29, 1.82) is 0 Å². The van der Waals surface area contributed by atoms with Crippen molar-refractivity contribution in [3.8, 4) is 11.1 Å². The van der Waals surface area contributed by atoms with Gasteiger partial charge in [-0.25, -0.2) is 4.39 Å². The fraction of sp³-hybridized carbons (Fsp3) is 0.500. The molecule has 0 aromatic heterocycles. The van der Waals surface area contributed by atoms with E-state index in [0.29, 0.717) is 5.92 Å². The Labute approximate surface area is 201 Å². The summed E-state index contributed by atoms with van der Waals surface area (Å²) >= 11 is 0. The lowest BCUT2D eigenvalue weighted by atomic mass is 9.77. The van der Waals surface area contributed by atoms with E-state index in [4.69, 9.17) is 0 Å². The summed E-state index contributed by atoms with van der Waals surface area (Å²) in [6.07, 6.45) is 20.8. The predicted octanol–water partition coefficient (Wildman–Crippen LogP) is 10.1. The number of hydrogen-bond acceptors (Lipinski definition) is 0. The number of benzene rings is 2. The summed E-state index contributed by atoms with van der Waals surface area (Å²) in [4.78, 5) is 0. The van der Waals surface area contributed by atoms with E-state index in [-0.39, 0.29) is 11.7 Å². The Morgan fingerprint density at radius 2 is 1.61 bits per heavy atom. The Kier molecular flexibility index (Phi) is 8.59. The number of unbranched alkanes of at least 4 members (excludes halogenated alkanes) is 2. The molecule has 2 aliphatic rings. The van der Waals surface area contributed by atoms with Crippen LogP contribution in [0.5, 0.6) is 0 Å². The van der Waals surface area contributed by atoms with E-state index >= 15 is 4.39 Å². The van der Waals surface area contributed by atoms with E-state index in [1.807, 2.05) is 6.07 Å². The quantitative estimate of drug-likeness (QED) is 0.337. The van der Waals surface area contributed by atoms with Crippen molar-refractivity contribution < 1.29 is 4.39 Å². The van der Waals surface area contributed by atoms with Crippen molar-refractivity contribution in [1.82, 2.24) is 0 Å². The van der Waals surface area contributed by atoms with Gasteiger partial charge in [0.25, 0.3) is 0 Å². The average Bonchev–Trinajstić information content (AvgIpc) is 2.86. The summed E-state index contributed by atoms with van der Waals surface area (Å²) < 4.78 is 15.0. The van der Waals surface area contributed by atoms with Crippen molar-refractivity contribution in [2.24, 2.45) is 5.92 Å². The van der Waals surface area contributed by atoms with Crippen molar-refractivity contribution >= 4 is 0 Å². The lowest BCUT2D eigenvalue weighted by molar-refractivity contribution is 0.303. The minimum Gasteiger partial charge on any atom is -0.207 e. The van der Waals surface area contributed by atoms with Crippen LogP contribution in [0.2, 0.25) is 0 Å². The molecule has 0 nitrogen and oxygen atoms in total. The largest absolute Gasteiger partial charge is 0.207 e. The predicted molar refractivity (Wildman–Crippen MR) is 140 cm³/mol. The summed E-state index contributed by atoms with van der Waals surface area (Å²) in [5.41, 5.74) is 5.75. The van der Waals surface area contributed by atoms with Gasteiger partial charge in [0.05, 0.1) is 0 Å². The first-order valence-corrected chi connectivity index (χ1v) is 13.4. The van der Waals surface area contributed by atoms with E-state index in [2.05, 4.69) is 62.4 Å². The van der Waals surface area contributed by atoms with Crippen LogP contribution in [0.25, 0.3) is 11.1 Å². The molecule has 0 saturated heterocycles. The van der Waals surface area contributed by atoms with E-state index < -0.39 is 0 Å². The van der Waals surface area contributed by atoms with E-state index in [0.717, 1.165) is 41.9 Å². The highest BCUT2D eigenvalue weighted by atomic mass is 19.1. The van der Waals surface area contributed by atoms with Crippen molar-refractivity contribution in [2.45, 2.75) is 96.3 Å². The minimum absolute atomic E-state index is 0.0834. The van der Waals surface area contributed by atoms with Crippen LogP contribution in [0.3, 0.4) is 0 Å². The summed E-state index contributed by atoms with van der Waals surface area (Å²) in [7, 11) is 0. The van der Waals surface area contributed by atoms with E-state index in [1.165, 1.54) is 62.5 Å². The van der Waals surface area contributed by atoms with Gasteiger partial charge >= 0.3 is 0 Å². The highest BCUT2D eigenvalue weighted by Gasteiger charge is 2.22. The van der Waals surface area contributed by atoms with Crippen molar-refractivity contribution in [3.05, 3.63) is 83.2 Å². The third-order valence-corrected chi connectivity index (χ3v) is 7.89. The lowest BCUT2D eigenvalue weighted by Gasteiger charge is -2.29. The van der Waals surface area contributed by atoms with Gasteiger partial charge in [-0.3, -0.25) is 0 Å². The fourth-order valence-electron chi connectivity index (χ4n) is 5.79. The molecule has 0 N–H and O–H groups in total. The van der Waals surface area contributed by atoms with Gasteiger partial charge in [-0.2, -0.15) is 0 Å². The van der Waals surface area contributed by atoms with E-state index in [1.54, 1.807) is 6.07 Å². The van der Waals surface area contributed by atoms with Crippen molar-refractivity contribution in [2.75, 3.05) is 0 Å². The van der Waals surface area contributed by atoms with Crippen LogP contribution in [-0.4, -0.2) is 0 Å². The van der Waals surface area contributed by atoms with Crippen LogP contribution < -0.4 is 0 Å². The maximum Gasteiger partial charge on any atom is 0.127 e. The smallest absolute Gasteiger partial charge is 0.127 e. The van der Waals surface area contributed by atoms with Crippen molar-refractivity contribution in [3.63, 3.8) is 0 Å². The maximum atomic E-state index is 15.0. The SMILES string of the molecule is CCCCCC1CCC(c2ccc(-c3ccc(C4C=CC(CCC)=CC4)c(F)c3)cc2)CC1. The minimum atomic E-state index is -0.0834. The van der Waals surface area contributed by atoms with Crippen LogP contribution >= 0.6 is 0 Å². The first-order chi connectivity index (χ1) is 16.2. The molecule has 2 aromatic rings. The molecule has 1 unspecified atom stereocenters. The molecule has 1 fully saturated rings. The third-order valence-electron chi connectivity index (χ3n) is 7.89. The van der Waals surface area contributed by atoms with Gasteiger partial charge in [0.15, 0.2) is 0 Å². The molecular weight excluding hydrogens is 403 g/mol. The van der Waals surface area contributed by atoms with Crippen LogP contribution in [0.4, 0.5) is 4.39 Å². The second-order valence-electron chi connectivity index (χ2n) is 10.3. The number of rotatable bonds is 9. The van der Waals surface area contributed by atoms with Gasteiger partial charge in [-0.1, -0.05) is 106 Å². The van der Waals surface area contributed by atoms with Gasteiger partial charge < -0.3 is 0 Å². The molecule has 0 radical (unpaired) electrons. The monoisotopic (exact) mass is 444 g/mol. The van der Waals surface area contributed by atoms with Crippen LogP contribution in [0.15, 0.2) is 66.3 Å². The lowest BCUT2D eigenvalue weighted by Crippen LogP contribution is -2.13. The highest BCUT2D eigenvalue weighted by Crippen LogP contribution is 2.38. The first-order valence-electron chi connectivity index (χ1n) is 13.4. The molecule has 2 aliphatic carbocycles. The van der Waals surface area contributed by atoms with Crippen LogP contribution in [-0.2, 0) is 0 Å². The third kappa shape index (κ3) is 6.25. The molecule has 0 spiro atoms. The second-order valence-corrected chi connectivity index (χ2v) is 10.3. The van der Waals surface area contributed by atoms with Gasteiger partial charge in [0, 0.05) is 5.92 Å². The Morgan fingerprint density at radius 3 is 2.24 bits per heavy atom. The Balaban J connectivity index is 1.36. The first kappa shape index (κ1) is 24.0. The molecule has 2 aromatic carbocycles. The average molecular weight is 445 g/mol. The maximum absolute atomic E-state index is 15.0. The Bertz CT molecular complexity index is 941.